The van der Waals surface area contributed by atoms with E-state index in [0.29, 0.717) is 0 Å². The number of carbonyl (C=O) groups is 1. The summed E-state index contributed by atoms with van der Waals surface area (Å²) in [7, 11) is 0. The zero-order chi connectivity index (χ0) is 17.5. The van der Waals surface area contributed by atoms with E-state index in [0.717, 1.165) is 35.0 Å². The van der Waals surface area contributed by atoms with Crippen LogP contribution in [0.2, 0.25) is 0 Å². The van der Waals surface area contributed by atoms with Gasteiger partial charge in [-0.3, -0.25) is 9.69 Å². The van der Waals surface area contributed by atoms with Crippen LogP contribution in [-0.2, 0) is 10.2 Å². The Morgan fingerprint density at radius 1 is 0.808 bits per heavy atom. The predicted molar refractivity (Wildman–Crippen MR) is 104 cm³/mol. The highest BCUT2D eigenvalue weighted by Gasteiger charge is 2.61. The number of carbonyl (C=O) groups excluding carboxylic acids is 1. The van der Waals surface area contributed by atoms with E-state index < -0.39 is 0 Å². The van der Waals surface area contributed by atoms with E-state index in [2.05, 4.69) is 48.5 Å². The second-order valence-corrected chi connectivity index (χ2v) is 9.06. The van der Waals surface area contributed by atoms with Crippen LogP contribution in [-0.4, -0.2) is 5.91 Å². The van der Waals surface area contributed by atoms with Crippen LogP contribution in [0.15, 0.2) is 48.5 Å². The summed E-state index contributed by atoms with van der Waals surface area (Å²) in [6, 6.07) is 17.5. The minimum Gasteiger partial charge on any atom is -0.281 e. The van der Waals surface area contributed by atoms with Gasteiger partial charge in [0.05, 0.1) is 11.4 Å². The van der Waals surface area contributed by atoms with Gasteiger partial charge in [-0.05, 0) is 79.0 Å². The van der Waals surface area contributed by atoms with E-state index in [1.165, 1.54) is 43.2 Å². The van der Waals surface area contributed by atoms with Gasteiger partial charge in [0.25, 0.3) is 0 Å². The van der Waals surface area contributed by atoms with Gasteiger partial charge < -0.3 is 0 Å². The van der Waals surface area contributed by atoms with E-state index in [-0.39, 0.29) is 11.3 Å². The van der Waals surface area contributed by atoms with Crippen LogP contribution in [0, 0.1) is 23.7 Å². The molecule has 0 unspecified atom stereocenters. The van der Waals surface area contributed by atoms with E-state index in [1.807, 2.05) is 4.90 Å². The summed E-state index contributed by atoms with van der Waals surface area (Å²) in [6.07, 6.45) is 6.95. The fraction of sp³-hybridized carbons (Fsp3) is 0.458. The van der Waals surface area contributed by atoms with Crippen molar-refractivity contribution in [1.29, 1.82) is 0 Å². The first-order valence-corrected chi connectivity index (χ1v) is 10.2. The van der Waals surface area contributed by atoms with Gasteiger partial charge >= 0.3 is 0 Å². The van der Waals surface area contributed by atoms with Crippen molar-refractivity contribution in [2.45, 2.75) is 44.4 Å². The molecule has 4 saturated carbocycles. The van der Waals surface area contributed by atoms with Crippen molar-refractivity contribution in [2.75, 3.05) is 4.90 Å². The molecule has 2 heteroatoms. The zero-order valence-electron chi connectivity index (χ0n) is 15.3. The molecule has 0 aromatic heterocycles. The topological polar surface area (TPSA) is 20.3 Å². The van der Waals surface area contributed by atoms with Crippen molar-refractivity contribution in [1.82, 2.24) is 0 Å². The van der Waals surface area contributed by atoms with Crippen LogP contribution in [0.5, 0.6) is 0 Å². The maximum Gasteiger partial charge on any atom is 0.228 e. The van der Waals surface area contributed by atoms with Crippen LogP contribution in [0.25, 0.3) is 0 Å². The number of hydrogen-bond donors (Lipinski definition) is 0. The highest BCUT2D eigenvalue weighted by molar-refractivity contribution is 6.03. The Bertz CT molecular complexity index is 836. The summed E-state index contributed by atoms with van der Waals surface area (Å²) in [6.45, 7) is 1.70. The third kappa shape index (κ3) is 1.66. The summed E-state index contributed by atoms with van der Waals surface area (Å²) < 4.78 is 0. The van der Waals surface area contributed by atoms with Gasteiger partial charge in [-0.2, -0.15) is 0 Å². The van der Waals surface area contributed by atoms with Crippen molar-refractivity contribution in [3.05, 3.63) is 59.7 Å². The molecule has 0 radical (unpaired) electrons. The first-order valence-electron chi connectivity index (χ1n) is 10.2. The molecule has 2 nitrogen and oxygen atoms in total. The van der Waals surface area contributed by atoms with E-state index in [9.17, 15) is 4.79 Å². The second-order valence-electron chi connectivity index (χ2n) is 9.06. The fourth-order valence-electron chi connectivity index (χ4n) is 7.46. The third-order valence-corrected chi connectivity index (χ3v) is 7.92. The maximum absolute atomic E-state index is 12.6. The number of fused-ring (bicyclic) bond motifs is 2. The van der Waals surface area contributed by atoms with Gasteiger partial charge in [0.15, 0.2) is 0 Å². The molecular formula is C24H25NO. The van der Waals surface area contributed by atoms with Crippen LogP contribution in [0.3, 0.4) is 0 Å². The molecule has 0 saturated heterocycles. The number of hydrogen-bond acceptors (Lipinski definition) is 1. The lowest BCUT2D eigenvalue weighted by atomic mass is 9.41. The van der Waals surface area contributed by atoms with E-state index >= 15 is 0 Å². The Kier molecular flexibility index (Phi) is 2.89. The molecule has 1 heterocycles. The number of para-hydroxylation sites is 2. The lowest BCUT2D eigenvalue weighted by Crippen LogP contribution is -2.58. The molecule has 0 N–H and O–H groups in total. The first kappa shape index (κ1) is 15.0. The number of amides is 1. The molecule has 1 aliphatic heterocycles. The lowest BCUT2D eigenvalue weighted by Gasteiger charge is -2.64. The highest BCUT2D eigenvalue weighted by atomic mass is 16.2. The normalized spacial score (nSPS) is 32.4. The number of anilines is 2. The summed E-state index contributed by atoms with van der Waals surface area (Å²) in [4.78, 5) is 14.6. The Hall–Kier alpha value is -2.09. The van der Waals surface area contributed by atoms with Gasteiger partial charge in [-0.15, -0.1) is 0 Å². The van der Waals surface area contributed by atoms with E-state index in [4.69, 9.17) is 0 Å². The van der Waals surface area contributed by atoms with Crippen LogP contribution in [0.4, 0.5) is 11.4 Å². The highest BCUT2D eigenvalue weighted by Crippen LogP contribution is 2.68. The predicted octanol–water partition coefficient (Wildman–Crippen LogP) is 5.43. The molecule has 5 aliphatic rings. The van der Waals surface area contributed by atoms with Gasteiger partial charge in [0, 0.05) is 12.3 Å². The molecule has 7 rings (SSSR count). The van der Waals surface area contributed by atoms with Crippen molar-refractivity contribution in [3.8, 4) is 0 Å². The van der Waals surface area contributed by atoms with Crippen molar-refractivity contribution in [3.63, 3.8) is 0 Å². The van der Waals surface area contributed by atoms with Gasteiger partial charge in [0.1, 0.15) is 0 Å². The number of rotatable bonds is 0. The fourth-order valence-corrected chi connectivity index (χ4v) is 7.46. The standard InChI is InChI=1S/C24H25NO/c1-15(26)25-22-8-4-2-6-20(22)24(21-7-3-5-9-23(21)25)18-11-16-10-17(13-18)14-19(24)12-16/h2-9,16-19H,10-14H2,1H3. The molecular weight excluding hydrogens is 318 g/mol. The SMILES string of the molecule is CC(=O)N1c2ccccc2C2(c3ccccc31)C1CC3CC(C1)CC2C3. The smallest absolute Gasteiger partial charge is 0.228 e. The average Bonchev–Trinajstić information content (AvgIpc) is 2.64. The van der Waals surface area contributed by atoms with Crippen molar-refractivity contribution >= 4 is 17.3 Å². The maximum atomic E-state index is 12.6. The van der Waals surface area contributed by atoms with Gasteiger partial charge in [-0.1, -0.05) is 36.4 Å². The Morgan fingerprint density at radius 3 is 1.73 bits per heavy atom. The Labute approximate surface area is 155 Å². The van der Waals surface area contributed by atoms with E-state index in [1.54, 1.807) is 6.92 Å². The Morgan fingerprint density at radius 2 is 1.27 bits per heavy atom. The molecule has 2 aromatic carbocycles. The molecule has 0 atom stereocenters. The number of benzene rings is 2. The second kappa shape index (κ2) is 5.00. The quantitative estimate of drug-likeness (QED) is 0.625. The molecule has 1 spiro atoms. The molecule has 2 aromatic rings. The zero-order valence-corrected chi connectivity index (χ0v) is 15.3. The molecule has 132 valence electrons. The monoisotopic (exact) mass is 343 g/mol. The summed E-state index contributed by atoms with van der Waals surface area (Å²) >= 11 is 0. The van der Waals surface area contributed by atoms with Gasteiger partial charge in [0.2, 0.25) is 5.91 Å². The first-order chi connectivity index (χ1) is 12.7. The van der Waals surface area contributed by atoms with Crippen LogP contribution < -0.4 is 4.90 Å². The number of nitrogens with zero attached hydrogens (tertiary/aromatic N) is 1. The summed E-state index contributed by atoms with van der Waals surface area (Å²) in [5.74, 6) is 3.45. The largest absolute Gasteiger partial charge is 0.281 e. The molecule has 1 amide bonds. The van der Waals surface area contributed by atoms with Crippen molar-refractivity contribution in [2.24, 2.45) is 23.7 Å². The summed E-state index contributed by atoms with van der Waals surface area (Å²) in [5.41, 5.74) is 5.22. The average molecular weight is 343 g/mol. The van der Waals surface area contributed by atoms with Crippen LogP contribution in [0.1, 0.15) is 50.2 Å². The third-order valence-electron chi connectivity index (χ3n) is 7.92. The summed E-state index contributed by atoms with van der Waals surface area (Å²) in [5, 5.41) is 0. The Balaban J connectivity index is 1.68. The lowest BCUT2D eigenvalue weighted by molar-refractivity contribution is -0.116. The molecule has 4 fully saturated rings. The van der Waals surface area contributed by atoms with Gasteiger partial charge in [-0.25, -0.2) is 0 Å². The van der Waals surface area contributed by atoms with Crippen LogP contribution >= 0.6 is 0 Å². The minimum atomic E-state index is 0.114. The minimum absolute atomic E-state index is 0.114. The van der Waals surface area contributed by atoms with Crippen molar-refractivity contribution < 1.29 is 4.79 Å². The molecule has 26 heavy (non-hydrogen) atoms. The molecule has 4 bridgehead atoms. The molecule has 4 aliphatic carbocycles.